The first-order chi connectivity index (χ1) is 18.2. The highest BCUT2D eigenvalue weighted by molar-refractivity contribution is 6.00. The van der Waals surface area contributed by atoms with Crippen molar-refractivity contribution < 1.29 is 29.0 Å². The number of para-hydroxylation sites is 1. The Balaban J connectivity index is 2.54. The van der Waals surface area contributed by atoms with Crippen LogP contribution in [0.3, 0.4) is 0 Å². The number of amides is 4. The van der Waals surface area contributed by atoms with Crippen molar-refractivity contribution in [3.05, 3.63) is 71.8 Å². The summed E-state index contributed by atoms with van der Waals surface area (Å²) >= 11 is 0. The summed E-state index contributed by atoms with van der Waals surface area (Å²) < 4.78 is 5.31. The molecule has 10 heteroatoms. The third kappa shape index (κ3) is 9.17. The van der Waals surface area contributed by atoms with E-state index < -0.39 is 41.5 Å². The average molecular weight is 539 g/mol. The normalized spacial score (nSPS) is 12.5. The van der Waals surface area contributed by atoms with Crippen molar-refractivity contribution >= 4 is 29.5 Å². The molecule has 2 rings (SSSR count). The monoisotopic (exact) mass is 538 g/mol. The maximum atomic E-state index is 13.9. The maximum absolute atomic E-state index is 13.9. The van der Waals surface area contributed by atoms with E-state index in [1.165, 1.54) is 35.2 Å². The topological polar surface area (TPSA) is 151 Å². The van der Waals surface area contributed by atoms with Gasteiger partial charge < -0.3 is 31.1 Å². The number of aromatic hydroxyl groups is 1. The lowest BCUT2D eigenvalue weighted by Gasteiger charge is -2.34. The van der Waals surface area contributed by atoms with Crippen molar-refractivity contribution in [2.24, 2.45) is 5.73 Å². The van der Waals surface area contributed by atoms with Crippen molar-refractivity contribution in [2.75, 3.05) is 11.9 Å². The largest absolute Gasteiger partial charge is 0.508 e. The van der Waals surface area contributed by atoms with Crippen molar-refractivity contribution in [2.45, 2.75) is 65.1 Å². The van der Waals surface area contributed by atoms with E-state index in [2.05, 4.69) is 17.2 Å². The molecule has 0 aliphatic carbocycles. The molecular weight excluding hydrogens is 500 g/mol. The standard InChI is InChI=1S/C29H38N4O6/c1-7-17-33(27(37)22(15-16-23(30)35)31-28(38)39-29(4,5)6)25(20-11-13-21(34)14-12-20)26(36)32-24-18(2)9-8-10-19(24)3/h7-14,22,25,34H,1,15-17H2,2-6H3,(H2,30,35)(H,31,38)(H,32,36). The number of nitrogens with zero attached hydrogens (tertiary/aromatic N) is 1. The molecule has 2 unspecified atom stereocenters. The quantitative estimate of drug-likeness (QED) is 0.319. The SMILES string of the molecule is C=CCN(C(=O)C(CCC(N)=O)NC(=O)OC(C)(C)C)C(C(=O)Nc1c(C)cccc1C)c1ccc(O)cc1. The Morgan fingerprint density at radius 1 is 1.08 bits per heavy atom. The van der Waals surface area contributed by atoms with Crippen molar-refractivity contribution in [3.63, 3.8) is 0 Å². The van der Waals surface area contributed by atoms with E-state index in [0.717, 1.165) is 11.1 Å². The minimum absolute atomic E-state index is 0.0137. The minimum Gasteiger partial charge on any atom is -0.508 e. The highest BCUT2D eigenvalue weighted by Gasteiger charge is 2.36. The number of carbonyl (C=O) groups is 4. The highest BCUT2D eigenvalue weighted by atomic mass is 16.6. The van der Waals surface area contributed by atoms with Gasteiger partial charge in [0.25, 0.3) is 5.91 Å². The summed E-state index contributed by atoms with van der Waals surface area (Å²) in [5.74, 6) is -1.83. The summed E-state index contributed by atoms with van der Waals surface area (Å²) in [6.07, 6.45) is 0.301. The molecule has 210 valence electrons. The molecule has 4 amide bonds. The van der Waals surface area contributed by atoms with Gasteiger partial charge in [-0.1, -0.05) is 36.4 Å². The molecule has 0 aliphatic rings. The fraction of sp³-hybridized carbons (Fsp3) is 0.379. The van der Waals surface area contributed by atoms with E-state index in [4.69, 9.17) is 10.5 Å². The fourth-order valence-electron chi connectivity index (χ4n) is 3.99. The fourth-order valence-corrected chi connectivity index (χ4v) is 3.99. The van der Waals surface area contributed by atoms with Gasteiger partial charge in [-0.05, 0) is 69.9 Å². The molecule has 0 bridgehead atoms. The summed E-state index contributed by atoms with van der Waals surface area (Å²) in [5, 5.41) is 15.3. The number of primary amides is 1. The zero-order valence-electron chi connectivity index (χ0n) is 23.1. The van der Waals surface area contributed by atoms with E-state index in [0.29, 0.717) is 11.3 Å². The van der Waals surface area contributed by atoms with Crippen LogP contribution in [0, 0.1) is 13.8 Å². The smallest absolute Gasteiger partial charge is 0.408 e. The van der Waals surface area contributed by atoms with Crippen LogP contribution in [-0.2, 0) is 19.1 Å². The Labute approximate surface area is 229 Å². The van der Waals surface area contributed by atoms with Gasteiger partial charge in [0.05, 0.1) is 0 Å². The lowest BCUT2D eigenvalue weighted by molar-refractivity contribution is -0.140. The Bertz CT molecular complexity index is 1180. The first-order valence-electron chi connectivity index (χ1n) is 12.6. The molecule has 10 nitrogen and oxygen atoms in total. The van der Waals surface area contributed by atoms with Gasteiger partial charge in [-0.3, -0.25) is 14.4 Å². The van der Waals surface area contributed by atoms with Gasteiger partial charge in [0.1, 0.15) is 23.4 Å². The second-order valence-electron chi connectivity index (χ2n) is 10.2. The molecule has 0 saturated heterocycles. The van der Waals surface area contributed by atoms with E-state index >= 15 is 0 Å². The molecule has 2 aromatic rings. The second-order valence-corrected chi connectivity index (χ2v) is 10.2. The van der Waals surface area contributed by atoms with Crippen LogP contribution in [0.25, 0.3) is 0 Å². The molecular formula is C29H38N4O6. The third-order valence-electron chi connectivity index (χ3n) is 5.78. The summed E-state index contributed by atoms with van der Waals surface area (Å²) in [6, 6.07) is 9.08. The van der Waals surface area contributed by atoms with Gasteiger partial charge in [0.2, 0.25) is 11.8 Å². The zero-order valence-corrected chi connectivity index (χ0v) is 23.1. The van der Waals surface area contributed by atoms with E-state index in [1.54, 1.807) is 20.8 Å². The summed E-state index contributed by atoms with van der Waals surface area (Å²) in [4.78, 5) is 53.2. The van der Waals surface area contributed by atoms with Crippen LogP contribution in [0.15, 0.2) is 55.1 Å². The van der Waals surface area contributed by atoms with Gasteiger partial charge in [0, 0.05) is 18.7 Å². The predicted molar refractivity (Wildman–Crippen MR) is 149 cm³/mol. The van der Waals surface area contributed by atoms with Crippen LogP contribution in [0.5, 0.6) is 5.75 Å². The van der Waals surface area contributed by atoms with Crippen LogP contribution in [0.1, 0.15) is 56.3 Å². The number of anilines is 1. The summed E-state index contributed by atoms with van der Waals surface area (Å²) in [6.45, 7) is 12.4. The maximum Gasteiger partial charge on any atom is 0.408 e. The summed E-state index contributed by atoms with van der Waals surface area (Å²) in [5.41, 5.74) is 7.18. The number of ether oxygens (including phenoxy) is 1. The van der Waals surface area contributed by atoms with Crippen LogP contribution in [0.2, 0.25) is 0 Å². The molecule has 0 saturated carbocycles. The number of hydrogen-bond acceptors (Lipinski definition) is 6. The number of carbonyl (C=O) groups excluding carboxylic acids is 4. The third-order valence-corrected chi connectivity index (χ3v) is 5.78. The lowest BCUT2D eigenvalue weighted by Crippen LogP contribution is -2.52. The number of phenols is 1. The lowest BCUT2D eigenvalue weighted by atomic mass is 10.0. The van der Waals surface area contributed by atoms with Gasteiger partial charge in [-0.2, -0.15) is 0 Å². The number of alkyl carbamates (subject to hydrolysis) is 1. The van der Waals surface area contributed by atoms with E-state index in [1.807, 2.05) is 32.0 Å². The molecule has 5 N–H and O–H groups in total. The molecule has 2 atom stereocenters. The van der Waals surface area contributed by atoms with Crippen LogP contribution in [0.4, 0.5) is 10.5 Å². The zero-order chi connectivity index (χ0) is 29.3. The average Bonchev–Trinajstić information content (AvgIpc) is 2.83. The molecule has 2 aromatic carbocycles. The number of phenolic OH excluding ortho intramolecular Hbond substituents is 1. The Hall–Kier alpha value is -4.34. The Morgan fingerprint density at radius 3 is 2.18 bits per heavy atom. The summed E-state index contributed by atoms with van der Waals surface area (Å²) in [7, 11) is 0. The van der Waals surface area contributed by atoms with E-state index in [-0.39, 0.29) is 25.1 Å². The molecule has 0 spiro atoms. The molecule has 0 fully saturated rings. The molecule has 0 radical (unpaired) electrons. The van der Waals surface area contributed by atoms with Gasteiger partial charge in [-0.15, -0.1) is 6.58 Å². The number of hydrogen-bond donors (Lipinski definition) is 4. The Morgan fingerprint density at radius 2 is 1.67 bits per heavy atom. The molecule has 0 aliphatic heterocycles. The number of benzene rings is 2. The number of aryl methyl sites for hydroxylation is 2. The van der Waals surface area contributed by atoms with Gasteiger partial charge in [0.15, 0.2) is 0 Å². The van der Waals surface area contributed by atoms with Crippen LogP contribution >= 0.6 is 0 Å². The van der Waals surface area contributed by atoms with Gasteiger partial charge >= 0.3 is 6.09 Å². The number of nitrogens with two attached hydrogens (primary N) is 1. The first kappa shape index (κ1) is 30.9. The Kier molecular flexibility index (Phi) is 10.7. The van der Waals surface area contributed by atoms with Crippen molar-refractivity contribution in [1.29, 1.82) is 0 Å². The predicted octanol–water partition coefficient (Wildman–Crippen LogP) is 3.86. The van der Waals surface area contributed by atoms with E-state index in [9.17, 15) is 24.3 Å². The first-order valence-corrected chi connectivity index (χ1v) is 12.6. The van der Waals surface area contributed by atoms with Crippen molar-refractivity contribution in [1.82, 2.24) is 10.2 Å². The van der Waals surface area contributed by atoms with Crippen molar-refractivity contribution in [3.8, 4) is 5.75 Å². The highest BCUT2D eigenvalue weighted by Crippen LogP contribution is 2.28. The number of nitrogens with one attached hydrogen (secondary N) is 2. The minimum atomic E-state index is -1.22. The molecule has 0 heterocycles. The van der Waals surface area contributed by atoms with Crippen LogP contribution < -0.4 is 16.4 Å². The second kappa shape index (κ2) is 13.5. The van der Waals surface area contributed by atoms with Crippen LogP contribution in [-0.4, -0.2) is 52.0 Å². The molecule has 39 heavy (non-hydrogen) atoms. The van der Waals surface area contributed by atoms with Gasteiger partial charge in [-0.25, -0.2) is 4.79 Å². The number of rotatable bonds is 11. The molecule has 0 aromatic heterocycles.